The predicted molar refractivity (Wildman–Crippen MR) is 75.9 cm³/mol. The number of benzene rings is 1. The highest BCUT2D eigenvalue weighted by Crippen LogP contribution is 2.28. The van der Waals surface area contributed by atoms with Crippen molar-refractivity contribution in [3.63, 3.8) is 0 Å². The summed E-state index contributed by atoms with van der Waals surface area (Å²) in [5.74, 6) is 7.00. The summed E-state index contributed by atoms with van der Waals surface area (Å²) >= 11 is 0. The second-order valence-corrected chi connectivity index (χ2v) is 4.71. The molecule has 0 atom stereocenters. The highest BCUT2D eigenvalue weighted by atomic mass is 16.3. The van der Waals surface area contributed by atoms with Gasteiger partial charge in [-0.2, -0.15) is 0 Å². The van der Waals surface area contributed by atoms with Crippen LogP contribution in [0.4, 0.5) is 5.82 Å². The van der Waals surface area contributed by atoms with Crippen molar-refractivity contribution in [3.8, 4) is 17.1 Å². The van der Waals surface area contributed by atoms with Gasteiger partial charge in [0.05, 0.1) is 0 Å². The molecule has 0 aliphatic heterocycles. The Hall–Kier alpha value is -2.14. The van der Waals surface area contributed by atoms with Gasteiger partial charge in [-0.15, -0.1) is 0 Å². The van der Waals surface area contributed by atoms with E-state index in [0.717, 1.165) is 27.9 Å². The lowest BCUT2D eigenvalue weighted by atomic mass is 10.0. The molecule has 0 saturated carbocycles. The average molecular weight is 258 g/mol. The SMILES string of the molecule is Cc1cc(-c2nc(C)c(C)c(NN)n2)cc(C)c1O. The van der Waals surface area contributed by atoms with Crippen molar-refractivity contribution in [2.24, 2.45) is 5.84 Å². The van der Waals surface area contributed by atoms with Crippen LogP contribution in [0.3, 0.4) is 0 Å². The molecular weight excluding hydrogens is 240 g/mol. The quantitative estimate of drug-likeness (QED) is 0.569. The number of nitrogens with one attached hydrogen (secondary N) is 1. The van der Waals surface area contributed by atoms with Crippen LogP contribution in [0.25, 0.3) is 11.4 Å². The number of phenols is 1. The maximum Gasteiger partial charge on any atom is 0.161 e. The Bertz CT molecular complexity index is 615. The molecule has 2 aromatic rings. The fourth-order valence-corrected chi connectivity index (χ4v) is 1.98. The minimum Gasteiger partial charge on any atom is -0.507 e. The highest BCUT2D eigenvalue weighted by molar-refractivity contribution is 5.63. The molecule has 100 valence electrons. The molecule has 0 saturated heterocycles. The Morgan fingerprint density at radius 3 is 2.16 bits per heavy atom. The number of nitrogens with two attached hydrogens (primary N) is 1. The summed E-state index contributed by atoms with van der Waals surface area (Å²) in [6, 6.07) is 3.74. The van der Waals surface area contributed by atoms with E-state index in [-0.39, 0.29) is 0 Å². The van der Waals surface area contributed by atoms with E-state index in [0.29, 0.717) is 17.4 Å². The Balaban J connectivity index is 2.62. The van der Waals surface area contributed by atoms with E-state index in [2.05, 4.69) is 15.4 Å². The average Bonchev–Trinajstić information content (AvgIpc) is 2.38. The third-order valence-corrected chi connectivity index (χ3v) is 3.28. The maximum absolute atomic E-state index is 9.80. The van der Waals surface area contributed by atoms with E-state index >= 15 is 0 Å². The number of aromatic nitrogens is 2. The van der Waals surface area contributed by atoms with Gasteiger partial charge in [0.2, 0.25) is 0 Å². The zero-order valence-corrected chi connectivity index (χ0v) is 11.6. The maximum atomic E-state index is 9.80. The molecule has 0 amide bonds. The van der Waals surface area contributed by atoms with Gasteiger partial charge in [0, 0.05) is 16.8 Å². The topological polar surface area (TPSA) is 84.1 Å². The van der Waals surface area contributed by atoms with Crippen LogP contribution in [0.15, 0.2) is 12.1 Å². The minimum atomic E-state index is 0.310. The molecule has 0 aliphatic rings. The number of nitrogen functional groups attached to an aromatic ring is 1. The van der Waals surface area contributed by atoms with E-state index in [1.54, 1.807) is 0 Å². The van der Waals surface area contributed by atoms with Crippen molar-refractivity contribution in [2.45, 2.75) is 27.7 Å². The van der Waals surface area contributed by atoms with Crippen LogP contribution in [-0.4, -0.2) is 15.1 Å². The molecule has 5 nitrogen and oxygen atoms in total. The van der Waals surface area contributed by atoms with Gasteiger partial charge >= 0.3 is 0 Å². The Kier molecular flexibility index (Phi) is 3.40. The first-order valence-electron chi connectivity index (χ1n) is 6.06. The standard InChI is InChI=1S/C14H18N4O/c1-7-5-11(6-8(2)12(7)19)14-16-10(4)9(3)13(17-14)18-15/h5-6,19H,15H2,1-4H3,(H,16,17,18). The van der Waals surface area contributed by atoms with E-state index in [9.17, 15) is 5.11 Å². The molecule has 4 N–H and O–H groups in total. The summed E-state index contributed by atoms with van der Waals surface area (Å²) < 4.78 is 0. The van der Waals surface area contributed by atoms with Gasteiger partial charge in [-0.25, -0.2) is 15.8 Å². The van der Waals surface area contributed by atoms with Crippen LogP contribution in [0.2, 0.25) is 0 Å². The summed E-state index contributed by atoms with van der Waals surface area (Å²) in [4.78, 5) is 8.88. The zero-order valence-electron chi connectivity index (χ0n) is 11.6. The smallest absolute Gasteiger partial charge is 0.161 e. The van der Waals surface area contributed by atoms with Gasteiger partial charge < -0.3 is 10.5 Å². The van der Waals surface area contributed by atoms with E-state index in [1.807, 2.05) is 39.8 Å². The second-order valence-electron chi connectivity index (χ2n) is 4.71. The molecule has 1 aromatic heterocycles. The molecule has 2 rings (SSSR count). The molecule has 1 heterocycles. The monoisotopic (exact) mass is 258 g/mol. The van der Waals surface area contributed by atoms with Crippen LogP contribution in [0.1, 0.15) is 22.4 Å². The highest BCUT2D eigenvalue weighted by Gasteiger charge is 2.11. The fourth-order valence-electron chi connectivity index (χ4n) is 1.98. The molecule has 19 heavy (non-hydrogen) atoms. The van der Waals surface area contributed by atoms with Crippen LogP contribution in [0, 0.1) is 27.7 Å². The number of phenolic OH excluding ortho intramolecular Hbond substituents is 1. The lowest BCUT2D eigenvalue weighted by molar-refractivity contribution is 0.467. The van der Waals surface area contributed by atoms with E-state index in [4.69, 9.17) is 5.84 Å². The summed E-state index contributed by atoms with van der Waals surface area (Å²) in [7, 11) is 0. The predicted octanol–water partition coefficient (Wildman–Crippen LogP) is 2.37. The first-order valence-corrected chi connectivity index (χ1v) is 6.06. The zero-order chi connectivity index (χ0) is 14.2. The first kappa shape index (κ1) is 13.3. The Morgan fingerprint density at radius 2 is 1.63 bits per heavy atom. The molecule has 0 bridgehead atoms. The van der Waals surface area contributed by atoms with Crippen molar-refractivity contribution >= 4 is 5.82 Å². The molecular formula is C14H18N4O. The number of hydrazine groups is 1. The number of aryl methyl sites for hydroxylation is 3. The van der Waals surface area contributed by atoms with Crippen LogP contribution >= 0.6 is 0 Å². The number of hydrogen-bond donors (Lipinski definition) is 3. The van der Waals surface area contributed by atoms with Gasteiger partial charge in [0.1, 0.15) is 11.6 Å². The fraction of sp³-hybridized carbons (Fsp3) is 0.286. The van der Waals surface area contributed by atoms with Gasteiger partial charge in [-0.3, -0.25) is 0 Å². The van der Waals surface area contributed by atoms with Gasteiger partial charge in [-0.05, 0) is 51.0 Å². The second kappa shape index (κ2) is 4.85. The Labute approximate surface area is 112 Å². The molecule has 0 aliphatic carbocycles. The van der Waals surface area contributed by atoms with Crippen molar-refractivity contribution in [3.05, 3.63) is 34.5 Å². The molecule has 0 fully saturated rings. The number of rotatable bonds is 2. The van der Waals surface area contributed by atoms with Crippen molar-refractivity contribution in [1.29, 1.82) is 0 Å². The third-order valence-electron chi connectivity index (χ3n) is 3.28. The van der Waals surface area contributed by atoms with E-state index < -0.39 is 0 Å². The van der Waals surface area contributed by atoms with Crippen LogP contribution < -0.4 is 11.3 Å². The summed E-state index contributed by atoms with van der Waals surface area (Å²) in [6.07, 6.45) is 0. The summed E-state index contributed by atoms with van der Waals surface area (Å²) in [5.41, 5.74) is 6.87. The van der Waals surface area contributed by atoms with Crippen molar-refractivity contribution < 1.29 is 5.11 Å². The number of nitrogens with zero attached hydrogens (tertiary/aromatic N) is 2. The van der Waals surface area contributed by atoms with Crippen LogP contribution in [-0.2, 0) is 0 Å². The normalized spacial score (nSPS) is 10.6. The molecule has 0 radical (unpaired) electrons. The van der Waals surface area contributed by atoms with Crippen LogP contribution in [0.5, 0.6) is 5.75 Å². The third kappa shape index (κ3) is 2.37. The number of hydrogen-bond acceptors (Lipinski definition) is 5. The lowest BCUT2D eigenvalue weighted by Crippen LogP contribution is -2.12. The molecule has 0 spiro atoms. The van der Waals surface area contributed by atoms with Gasteiger partial charge in [-0.1, -0.05) is 0 Å². The lowest BCUT2D eigenvalue weighted by Gasteiger charge is -2.11. The van der Waals surface area contributed by atoms with Crippen molar-refractivity contribution in [1.82, 2.24) is 9.97 Å². The van der Waals surface area contributed by atoms with E-state index in [1.165, 1.54) is 0 Å². The van der Waals surface area contributed by atoms with Gasteiger partial charge in [0.25, 0.3) is 0 Å². The molecule has 1 aromatic carbocycles. The minimum absolute atomic E-state index is 0.310. The Morgan fingerprint density at radius 1 is 1.05 bits per heavy atom. The first-order chi connectivity index (χ1) is 8.93. The molecule has 5 heteroatoms. The number of anilines is 1. The largest absolute Gasteiger partial charge is 0.507 e. The van der Waals surface area contributed by atoms with Crippen molar-refractivity contribution in [2.75, 3.05) is 5.43 Å². The van der Waals surface area contributed by atoms with Gasteiger partial charge in [0.15, 0.2) is 5.82 Å². The summed E-state index contributed by atoms with van der Waals surface area (Å²) in [5, 5.41) is 9.80. The number of aromatic hydroxyl groups is 1. The summed E-state index contributed by atoms with van der Waals surface area (Å²) in [6.45, 7) is 7.55. The molecule has 0 unspecified atom stereocenters.